The zero-order chi connectivity index (χ0) is 16.4. The Kier molecular flexibility index (Phi) is 4.82. The summed E-state index contributed by atoms with van der Waals surface area (Å²) in [5.74, 6) is 0. The lowest BCUT2D eigenvalue weighted by Gasteiger charge is -2.36. The first-order chi connectivity index (χ1) is 10.9. The van der Waals surface area contributed by atoms with Crippen molar-refractivity contribution in [2.75, 3.05) is 51.2 Å². The fraction of sp³-hybridized carbons (Fsp3) is 0.647. The summed E-state index contributed by atoms with van der Waals surface area (Å²) in [7, 11) is 2.05. The highest BCUT2D eigenvalue weighted by Crippen LogP contribution is 2.37. The maximum atomic E-state index is 13.5. The molecule has 0 aromatic heterocycles. The van der Waals surface area contributed by atoms with Gasteiger partial charge in [0.25, 0.3) is 0 Å². The summed E-state index contributed by atoms with van der Waals surface area (Å²) in [5.41, 5.74) is 0.743. The fourth-order valence-electron chi connectivity index (χ4n) is 3.51. The zero-order valence-electron chi connectivity index (χ0n) is 13.6. The van der Waals surface area contributed by atoms with Crippen LogP contribution in [0.3, 0.4) is 0 Å². The van der Waals surface area contributed by atoms with Crippen LogP contribution in [0.4, 0.5) is 18.9 Å². The summed E-state index contributed by atoms with van der Waals surface area (Å²) in [5, 5.41) is 0. The number of hydrogen-bond acceptors (Lipinski definition) is 3. The molecule has 0 atom stereocenters. The van der Waals surface area contributed by atoms with Gasteiger partial charge >= 0.3 is 6.18 Å². The first-order valence-electron chi connectivity index (χ1n) is 8.30. The van der Waals surface area contributed by atoms with Crippen LogP contribution in [-0.4, -0.2) is 56.1 Å². The Bertz CT molecular complexity index is 530. The van der Waals surface area contributed by atoms with Crippen LogP contribution >= 0.6 is 0 Å². The summed E-state index contributed by atoms with van der Waals surface area (Å²) in [4.78, 5) is 6.47. The molecule has 0 radical (unpaired) electrons. The molecular weight excluding hydrogens is 303 g/mol. The van der Waals surface area contributed by atoms with Gasteiger partial charge in [0.2, 0.25) is 0 Å². The molecule has 0 aliphatic carbocycles. The lowest BCUT2D eigenvalue weighted by atomic mass is 10.0. The summed E-state index contributed by atoms with van der Waals surface area (Å²) < 4.78 is 40.5. The molecule has 0 spiro atoms. The van der Waals surface area contributed by atoms with E-state index in [-0.39, 0.29) is 0 Å². The molecule has 2 aliphatic rings. The molecule has 0 amide bonds. The number of piperazine rings is 1. The van der Waals surface area contributed by atoms with Crippen LogP contribution in [0.1, 0.15) is 24.0 Å². The minimum atomic E-state index is -4.29. The molecule has 2 aliphatic heterocycles. The Labute approximate surface area is 135 Å². The zero-order valence-corrected chi connectivity index (χ0v) is 13.6. The highest BCUT2D eigenvalue weighted by molar-refractivity contribution is 5.58. The molecule has 2 fully saturated rings. The van der Waals surface area contributed by atoms with Gasteiger partial charge in [-0.05, 0) is 45.1 Å². The van der Waals surface area contributed by atoms with Gasteiger partial charge < -0.3 is 9.80 Å². The van der Waals surface area contributed by atoms with E-state index in [1.807, 2.05) is 6.07 Å². The molecular formula is C17H24F3N3. The second-order valence-corrected chi connectivity index (χ2v) is 6.57. The lowest BCUT2D eigenvalue weighted by Crippen LogP contribution is -2.45. The monoisotopic (exact) mass is 327 g/mol. The number of benzene rings is 1. The third-order valence-corrected chi connectivity index (χ3v) is 4.88. The number of halogens is 3. The average Bonchev–Trinajstić information content (AvgIpc) is 3.00. The fourth-order valence-corrected chi connectivity index (χ4v) is 3.51. The maximum Gasteiger partial charge on any atom is 0.416 e. The van der Waals surface area contributed by atoms with Gasteiger partial charge in [0.1, 0.15) is 0 Å². The first-order valence-corrected chi connectivity index (χ1v) is 8.30. The molecule has 1 aromatic carbocycles. The van der Waals surface area contributed by atoms with Gasteiger partial charge in [-0.1, -0.05) is 6.07 Å². The predicted octanol–water partition coefficient (Wildman–Crippen LogP) is 3.05. The van der Waals surface area contributed by atoms with E-state index in [4.69, 9.17) is 0 Å². The average molecular weight is 327 g/mol. The Hall–Kier alpha value is -1.27. The van der Waals surface area contributed by atoms with Crippen molar-refractivity contribution in [2.24, 2.45) is 0 Å². The second kappa shape index (κ2) is 6.69. The molecule has 3 nitrogen and oxygen atoms in total. The van der Waals surface area contributed by atoms with E-state index in [2.05, 4.69) is 21.7 Å². The van der Waals surface area contributed by atoms with Gasteiger partial charge in [0, 0.05) is 44.0 Å². The number of anilines is 1. The minimum Gasteiger partial charge on any atom is -0.369 e. The molecule has 1 aromatic rings. The Balaban J connectivity index is 1.93. The van der Waals surface area contributed by atoms with Crippen molar-refractivity contribution < 1.29 is 13.2 Å². The number of nitrogens with zero attached hydrogens (tertiary/aromatic N) is 3. The van der Waals surface area contributed by atoms with E-state index in [1.165, 1.54) is 6.07 Å². The van der Waals surface area contributed by atoms with Crippen molar-refractivity contribution in [3.05, 3.63) is 29.3 Å². The SMILES string of the molecule is CN1CCN(c2cccc(C(F)(F)F)c2CN2CCCC2)CC1. The van der Waals surface area contributed by atoms with Gasteiger partial charge in [0.05, 0.1) is 5.56 Å². The van der Waals surface area contributed by atoms with Crippen molar-refractivity contribution in [3.8, 4) is 0 Å². The molecule has 3 rings (SSSR count). The van der Waals surface area contributed by atoms with Gasteiger partial charge in [-0.3, -0.25) is 4.90 Å². The quantitative estimate of drug-likeness (QED) is 0.845. The molecule has 0 unspecified atom stereocenters. The van der Waals surface area contributed by atoms with Crippen molar-refractivity contribution in [3.63, 3.8) is 0 Å². The molecule has 0 N–H and O–H groups in total. The molecule has 0 bridgehead atoms. The Morgan fingerprint density at radius 3 is 2.22 bits per heavy atom. The first kappa shape index (κ1) is 16.6. The molecule has 2 heterocycles. The van der Waals surface area contributed by atoms with Crippen LogP contribution in [0, 0.1) is 0 Å². The number of hydrogen-bond donors (Lipinski definition) is 0. The normalized spacial score (nSPS) is 21.1. The minimum absolute atomic E-state index is 0.400. The van der Waals surface area contributed by atoms with E-state index >= 15 is 0 Å². The second-order valence-electron chi connectivity index (χ2n) is 6.57. The summed E-state index contributed by atoms with van der Waals surface area (Å²) in [6.07, 6.45) is -2.13. The number of likely N-dealkylation sites (tertiary alicyclic amines) is 1. The highest BCUT2D eigenvalue weighted by atomic mass is 19.4. The van der Waals surface area contributed by atoms with E-state index in [0.29, 0.717) is 12.1 Å². The van der Waals surface area contributed by atoms with Crippen LogP contribution in [-0.2, 0) is 12.7 Å². The van der Waals surface area contributed by atoms with E-state index < -0.39 is 11.7 Å². The summed E-state index contributed by atoms with van der Waals surface area (Å²) in [6.45, 7) is 5.54. The smallest absolute Gasteiger partial charge is 0.369 e. The van der Waals surface area contributed by atoms with E-state index in [9.17, 15) is 13.2 Å². The number of alkyl halides is 3. The molecule has 2 saturated heterocycles. The third kappa shape index (κ3) is 3.80. The number of rotatable bonds is 3. The van der Waals surface area contributed by atoms with E-state index in [0.717, 1.165) is 57.8 Å². The van der Waals surface area contributed by atoms with Gasteiger partial charge in [-0.25, -0.2) is 0 Å². The molecule has 6 heteroatoms. The van der Waals surface area contributed by atoms with Crippen LogP contribution in [0.15, 0.2) is 18.2 Å². The Morgan fingerprint density at radius 1 is 0.957 bits per heavy atom. The van der Waals surface area contributed by atoms with Crippen molar-refractivity contribution >= 4 is 5.69 Å². The van der Waals surface area contributed by atoms with Crippen LogP contribution in [0.25, 0.3) is 0 Å². The largest absolute Gasteiger partial charge is 0.416 e. The van der Waals surface area contributed by atoms with Gasteiger partial charge in [-0.2, -0.15) is 13.2 Å². The molecule has 128 valence electrons. The van der Waals surface area contributed by atoms with Crippen LogP contribution in [0.2, 0.25) is 0 Å². The van der Waals surface area contributed by atoms with Crippen molar-refractivity contribution in [1.82, 2.24) is 9.80 Å². The molecule has 0 saturated carbocycles. The van der Waals surface area contributed by atoms with Crippen LogP contribution in [0.5, 0.6) is 0 Å². The van der Waals surface area contributed by atoms with Gasteiger partial charge in [-0.15, -0.1) is 0 Å². The standard InChI is InChI=1S/C17H24F3N3/c1-21-9-11-23(12-10-21)16-6-4-5-15(17(18,19)20)14(16)13-22-7-2-3-8-22/h4-6H,2-3,7-13H2,1H3. The summed E-state index contributed by atoms with van der Waals surface area (Å²) in [6, 6.07) is 4.63. The van der Waals surface area contributed by atoms with E-state index in [1.54, 1.807) is 6.07 Å². The Morgan fingerprint density at radius 2 is 1.61 bits per heavy atom. The number of likely N-dealkylation sites (N-methyl/N-ethyl adjacent to an activating group) is 1. The molecule has 23 heavy (non-hydrogen) atoms. The van der Waals surface area contributed by atoms with Gasteiger partial charge in [0.15, 0.2) is 0 Å². The maximum absolute atomic E-state index is 13.5. The van der Waals surface area contributed by atoms with Crippen molar-refractivity contribution in [1.29, 1.82) is 0 Å². The third-order valence-electron chi connectivity index (χ3n) is 4.88. The van der Waals surface area contributed by atoms with Crippen molar-refractivity contribution in [2.45, 2.75) is 25.6 Å². The predicted molar refractivity (Wildman–Crippen MR) is 85.7 cm³/mol. The summed E-state index contributed by atoms with van der Waals surface area (Å²) >= 11 is 0. The topological polar surface area (TPSA) is 9.72 Å². The lowest BCUT2D eigenvalue weighted by molar-refractivity contribution is -0.138. The highest BCUT2D eigenvalue weighted by Gasteiger charge is 2.35. The van der Waals surface area contributed by atoms with Crippen LogP contribution < -0.4 is 4.90 Å².